The number of Topliss-reactive ketones (excluding diaryl/α,β-unsaturated/α-hetero) is 1. The van der Waals surface area contributed by atoms with Crippen LogP contribution in [0, 0.1) is 0 Å². The third-order valence-corrected chi connectivity index (χ3v) is 4.14. The van der Waals surface area contributed by atoms with Crippen LogP contribution in [0.1, 0.15) is 24.3 Å². The van der Waals surface area contributed by atoms with Gasteiger partial charge in [-0.05, 0) is 29.7 Å². The predicted molar refractivity (Wildman–Crippen MR) is 92.7 cm³/mol. The van der Waals surface area contributed by atoms with Gasteiger partial charge in [-0.1, -0.05) is 48.0 Å². The predicted octanol–water partition coefficient (Wildman–Crippen LogP) is 5.00. The largest absolute Gasteiger partial charge is 0.511 e. The van der Waals surface area contributed by atoms with Crippen molar-refractivity contribution >= 4 is 29.3 Å². The molecule has 0 aromatic heterocycles. The number of allylic oxidation sites excluding steroid dienone is 2. The van der Waals surface area contributed by atoms with Crippen LogP contribution in [0.4, 0.5) is 5.69 Å². The van der Waals surface area contributed by atoms with E-state index in [9.17, 15) is 9.90 Å². The molecule has 0 amide bonds. The standard InChI is InChI=1S/C19H16ClNO2/c20-15-7-4-8-16(11-15)21-12-17-18(22)9-14(10-19(17)23)13-5-2-1-3-6-13/h1-8,11-12,14,22H,9-10H2. The molecule has 4 heteroatoms. The average Bonchev–Trinajstić information content (AvgIpc) is 2.55. The van der Waals surface area contributed by atoms with Gasteiger partial charge in [-0.3, -0.25) is 9.79 Å². The summed E-state index contributed by atoms with van der Waals surface area (Å²) in [6, 6.07) is 16.8. The Balaban J connectivity index is 1.81. The van der Waals surface area contributed by atoms with Crippen LogP contribution >= 0.6 is 11.6 Å². The van der Waals surface area contributed by atoms with E-state index in [2.05, 4.69) is 4.99 Å². The molecule has 2 aromatic carbocycles. The van der Waals surface area contributed by atoms with E-state index in [4.69, 9.17) is 11.6 Å². The lowest BCUT2D eigenvalue weighted by Gasteiger charge is -2.22. The maximum Gasteiger partial charge on any atom is 0.168 e. The molecule has 0 spiro atoms. The summed E-state index contributed by atoms with van der Waals surface area (Å²) in [5.41, 5.74) is 2.01. The highest BCUT2D eigenvalue weighted by Crippen LogP contribution is 2.33. The highest BCUT2D eigenvalue weighted by atomic mass is 35.5. The summed E-state index contributed by atoms with van der Waals surface area (Å²) in [5, 5.41) is 10.8. The monoisotopic (exact) mass is 325 g/mol. The first-order chi connectivity index (χ1) is 11.1. The van der Waals surface area contributed by atoms with Gasteiger partial charge in [-0.15, -0.1) is 0 Å². The topological polar surface area (TPSA) is 49.7 Å². The molecule has 1 aliphatic rings. The molecule has 0 bridgehead atoms. The second kappa shape index (κ2) is 6.80. The highest BCUT2D eigenvalue weighted by Gasteiger charge is 2.27. The number of aliphatic hydroxyl groups is 1. The minimum atomic E-state index is -0.0895. The van der Waals surface area contributed by atoms with Crippen molar-refractivity contribution in [2.45, 2.75) is 18.8 Å². The number of carbonyl (C=O) groups is 1. The van der Waals surface area contributed by atoms with Gasteiger partial charge in [0, 0.05) is 24.1 Å². The molecular weight excluding hydrogens is 310 g/mol. The molecule has 1 N–H and O–H groups in total. The van der Waals surface area contributed by atoms with Crippen molar-refractivity contribution in [2.24, 2.45) is 4.99 Å². The smallest absolute Gasteiger partial charge is 0.168 e. The molecule has 0 fully saturated rings. The first kappa shape index (κ1) is 15.5. The summed E-state index contributed by atoms with van der Waals surface area (Å²) in [6.07, 6.45) is 2.27. The molecule has 0 aliphatic heterocycles. The maximum absolute atomic E-state index is 12.3. The van der Waals surface area contributed by atoms with E-state index in [0.29, 0.717) is 23.6 Å². The summed E-state index contributed by atoms with van der Waals surface area (Å²) in [6.45, 7) is 0. The van der Waals surface area contributed by atoms with Crippen molar-refractivity contribution in [2.75, 3.05) is 0 Å². The maximum atomic E-state index is 12.3. The zero-order valence-electron chi connectivity index (χ0n) is 12.4. The molecule has 0 saturated heterocycles. The summed E-state index contributed by atoms with van der Waals surface area (Å²) in [5.74, 6) is 0.0290. The summed E-state index contributed by atoms with van der Waals surface area (Å²) in [7, 11) is 0. The normalized spacial score (nSPS) is 18.7. The van der Waals surface area contributed by atoms with Gasteiger partial charge in [0.25, 0.3) is 0 Å². The quantitative estimate of drug-likeness (QED) is 0.807. The van der Waals surface area contributed by atoms with E-state index in [-0.39, 0.29) is 23.0 Å². The summed E-state index contributed by atoms with van der Waals surface area (Å²) >= 11 is 5.91. The molecule has 3 nitrogen and oxygen atoms in total. The summed E-state index contributed by atoms with van der Waals surface area (Å²) in [4.78, 5) is 16.6. The molecule has 1 aliphatic carbocycles. The van der Waals surface area contributed by atoms with Gasteiger partial charge in [0.2, 0.25) is 0 Å². The van der Waals surface area contributed by atoms with Crippen molar-refractivity contribution in [3.05, 3.63) is 76.5 Å². The Hall–Kier alpha value is -2.39. The van der Waals surface area contributed by atoms with Crippen LogP contribution in [0.15, 0.2) is 70.9 Å². The lowest BCUT2D eigenvalue weighted by molar-refractivity contribution is -0.116. The Kier molecular flexibility index (Phi) is 4.58. The van der Waals surface area contributed by atoms with Gasteiger partial charge in [0.05, 0.1) is 11.3 Å². The number of aliphatic hydroxyl groups excluding tert-OH is 1. The second-order valence-corrected chi connectivity index (χ2v) is 5.97. The van der Waals surface area contributed by atoms with E-state index in [1.54, 1.807) is 24.3 Å². The molecule has 1 atom stereocenters. The molecule has 0 heterocycles. The minimum absolute atomic E-state index is 0.0204. The molecule has 3 rings (SSSR count). The Morgan fingerprint density at radius 3 is 2.57 bits per heavy atom. The van der Waals surface area contributed by atoms with Crippen LogP contribution in [0.3, 0.4) is 0 Å². The van der Waals surface area contributed by atoms with Crippen LogP contribution in [0.2, 0.25) is 5.02 Å². The minimum Gasteiger partial charge on any atom is -0.511 e. The first-order valence-corrected chi connectivity index (χ1v) is 7.81. The van der Waals surface area contributed by atoms with Crippen LogP contribution in [0.25, 0.3) is 0 Å². The van der Waals surface area contributed by atoms with E-state index in [1.165, 1.54) is 6.21 Å². The third kappa shape index (κ3) is 3.69. The lowest BCUT2D eigenvalue weighted by atomic mass is 9.83. The van der Waals surface area contributed by atoms with E-state index < -0.39 is 0 Å². The van der Waals surface area contributed by atoms with Gasteiger partial charge in [-0.25, -0.2) is 0 Å². The van der Waals surface area contributed by atoms with Gasteiger partial charge in [0.1, 0.15) is 5.76 Å². The van der Waals surface area contributed by atoms with Crippen molar-refractivity contribution in [1.29, 1.82) is 0 Å². The zero-order chi connectivity index (χ0) is 16.2. The van der Waals surface area contributed by atoms with E-state index >= 15 is 0 Å². The molecule has 116 valence electrons. The van der Waals surface area contributed by atoms with Crippen LogP contribution in [-0.2, 0) is 4.79 Å². The SMILES string of the molecule is O=C1CC(c2ccccc2)CC(O)=C1C=Nc1cccc(Cl)c1. The van der Waals surface area contributed by atoms with Crippen molar-refractivity contribution < 1.29 is 9.90 Å². The number of carbonyl (C=O) groups excluding carboxylic acids is 1. The van der Waals surface area contributed by atoms with E-state index in [0.717, 1.165) is 5.56 Å². The van der Waals surface area contributed by atoms with Gasteiger partial charge < -0.3 is 5.11 Å². The molecule has 0 saturated carbocycles. The number of hydrogen-bond donors (Lipinski definition) is 1. The van der Waals surface area contributed by atoms with Crippen molar-refractivity contribution in [1.82, 2.24) is 0 Å². The number of halogens is 1. The second-order valence-electron chi connectivity index (χ2n) is 5.54. The van der Waals surface area contributed by atoms with Crippen LogP contribution in [0.5, 0.6) is 0 Å². The fourth-order valence-electron chi connectivity index (χ4n) is 2.71. The number of benzene rings is 2. The van der Waals surface area contributed by atoms with Gasteiger partial charge in [0.15, 0.2) is 5.78 Å². The van der Waals surface area contributed by atoms with E-state index in [1.807, 2.05) is 30.3 Å². The number of ketones is 1. The zero-order valence-corrected chi connectivity index (χ0v) is 13.2. The molecule has 2 aromatic rings. The molecular formula is C19H16ClNO2. The van der Waals surface area contributed by atoms with Crippen molar-refractivity contribution in [3.8, 4) is 0 Å². The Bertz CT molecular complexity index is 781. The lowest BCUT2D eigenvalue weighted by Crippen LogP contribution is -2.19. The first-order valence-electron chi connectivity index (χ1n) is 7.43. The van der Waals surface area contributed by atoms with Crippen molar-refractivity contribution in [3.63, 3.8) is 0 Å². The Labute approximate surface area is 140 Å². The average molecular weight is 326 g/mol. The van der Waals surface area contributed by atoms with Gasteiger partial charge >= 0.3 is 0 Å². The Morgan fingerprint density at radius 2 is 1.87 bits per heavy atom. The fraction of sp³-hybridized carbons (Fsp3) is 0.158. The summed E-state index contributed by atoms with van der Waals surface area (Å²) < 4.78 is 0. The Morgan fingerprint density at radius 1 is 1.09 bits per heavy atom. The number of aliphatic imine (C=N–C) groups is 1. The number of rotatable bonds is 3. The van der Waals surface area contributed by atoms with Crippen LogP contribution < -0.4 is 0 Å². The molecule has 1 unspecified atom stereocenters. The third-order valence-electron chi connectivity index (χ3n) is 3.90. The van der Waals surface area contributed by atoms with Gasteiger partial charge in [-0.2, -0.15) is 0 Å². The fourth-order valence-corrected chi connectivity index (χ4v) is 2.90. The molecule has 23 heavy (non-hydrogen) atoms. The number of nitrogens with zero attached hydrogens (tertiary/aromatic N) is 1. The van der Waals surface area contributed by atoms with Crippen LogP contribution in [-0.4, -0.2) is 17.1 Å². The highest BCUT2D eigenvalue weighted by molar-refractivity contribution is 6.30. The number of hydrogen-bond acceptors (Lipinski definition) is 3. The molecule has 0 radical (unpaired) electrons.